The maximum atomic E-state index is 11.3. The largest absolute Gasteiger partial charge is 0.507 e. The number of carboxylic acids is 1. The molecule has 2 aliphatic carbocycles. The Morgan fingerprint density at radius 1 is 0.891 bits per heavy atom. The van der Waals surface area contributed by atoms with Gasteiger partial charge in [-0.15, -0.1) is 10.2 Å². The molecular weight excluding hydrogens is 580 g/mol. The molecule has 3 aromatic rings. The molecule has 4 N–H and O–H groups in total. The summed E-state index contributed by atoms with van der Waals surface area (Å²) in [6.45, 7) is 3.84. The van der Waals surface area contributed by atoms with Crippen LogP contribution in [-0.4, -0.2) is 85.6 Å². The highest BCUT2D eigenvalue weighted by molar-refractivity contribution is 5.74. The molecule has 2 aromatic heterocycles. The number of nitrogen functional groups attached to an aromatic ring is 1. The first-order valence-corrected chi connectivity index (χ1v) is 17.1. The van der Waals surface area contributed by atoms with Crippen LogP contribution in [0.4, 0.5) is 17.5 Å². The molecule has 3 aliphatic heterocycles. The molecule has 11 heteroatoms. The minimum Gasteiger partial charge on any atom is -0.507 e. The van der Waals surface area contributed by atoms with Gasteiger partial charge in [-0.3, -0.25) is 4.79 Å². The fourth-order valence-corrected chi connectivity index (χ4v) is 9.31. The van der Waals surface area contributed by atoms with Crippen molar-refractivity contribution in [3.63, 3.8) is 0 Å². The number of fused-ring (bicyclic) bond motifs is 2. The number of piperazine rings is 1. The number of nitrogens with two attached hydrogens (primary N) is 1. The topological polar surface area (TPSA) is 145 Å². The predicted octanol–water partition coefficient (Wildman–Crippen LogP) is 4.68. The number of anilines is 3. The third kappa shape index (κ3) is 5.32. The van der Waals surface area contributed by atoms with Crippen molar-refractivity contribution in [2.45, 2.75) is 88.3 Å². The number of para-hydroxylation sites is 1. The molecule has 2 bridgehead atoms. The van der Waals surface area contributed by atoms with Gasteiger partial charge >= 0.3 is 5.97 Å². The van der Waals surface area contributed by atoms with E-state index in [1.165, 1.54) is 31.2 Å². The quantitative estimate of drug-likeness (QED) is 0.351. The smallest absolute Gasteiger partial charge is 0.306 e. The van der Waals surface area contributed by atoms with Crippen LogP contribution in [0.15, 0.2) is 42.7 Å². The third-order valence-electron chi connectivity index (χ3n) is 11.9. The van der Waals surface area contributed by atoms with Crippen LogP contribution in [-0.2, 0) is 4.79 Å². The lowest BCUT2D eigenvalue weighted by Gasteiger charge is -2.52. The second-order valence-electron chi connectivity index (χ2n) is 14.5. The second kappa shape index (κ2) is 11.7. The van der Waals surface area contributed by atoms with Crippen molar-refractivity contribution in [2.75, 3.05) is 41.7 Å². The summed E-state index contributed by atoms with van der Waals surface area (Å²) >= 11 is 0. The summed E-state index contributed by atoms with van der Waals surface area (Å²) in [4.78, 5) is 28.5. The van der Waals surface area contributed by atoms with Crippen LogP contribution in [0.25, 0.3) is 11.3 Å². The van der Waals surface area contributed by atoms with Gasteiger partial charge in [0.1, 0.15) is 5.75 Å². The van der Waals surface area contributed by atoms with Crippen molar-refractivity contribution >= 4 is 23.4 Å². The molecule has 8 rings (SSSR count). The van der Waals surface area contributed by atoms with Crippen molar-refractivity contribution in [1.82, 2.24) is 25.1 Å². The Labute approximate surface area is 269 Å². The third-order valence-corrected chi connectivity index (χ3v) is 11.9. The minimum absolute atomic E-state index is 0.102. The van der Waals surface area contributed by atoms with E-state index in [2.05, 4.69) is 37.3 Å². The fraction of sp³-hybridized carbons (Fsp3) is 0.571. The van der Waals surface area contributed by atoms with Gasteiger partial charge in [-0.05, 0) is 112 Å². The van der Waals surface area contributed by atoms with Gasteiger partial charge in [-0.25, -0.2) is 9.97 Å². The zero-order chi connectivity index (χ0) is 31.4. The number of rotatable bonds is 6. The molecule has 242 valence electrons. The zero-order valence-corrected chi connectivity index (χ0v) is 26.3. The van der Waals surface area contributed by atoms with Gasteiger partial charge in [0.05, 0.1) is 17.3 Å². The number of carboxylic acid groups (broad SMARTS) is 1. The molecular formula is C35H44N8O3. The Bertz CT molecular complexity index is 1560. The zero-order valence-electron chi connectivity index (χ0n) is 26.3. The molecule has 46 heavy (non-hydrogen) atoms. The van der Waals surface area contributed by atoms with Crippen LogP contribution in [0.3, 0.4) is 0 Å². The normalized spacial score (nSPS) is 30.0. The summed E-state index contributed by atoms with van der Waals surface area (Å²) in [7, 11) is 0. The first-order chi connectivity index (χ1) is 22.4. The molecule has 5 aliphatic rings. The highest BCUT2D eigenvalue weighted by Crippen LogP contribution is 2.55. The number of hydrogen-bond donors (Lipinski definition) is 3. The maximum absolute atomic E-state index is 11.3. The lowest BCUT2D eigenvalue weighted by molar-refractivity contribution is -0.152. The van der Waals surface area contributed by atoms with E-state index in [0.29, 0.717) is 46.5 Å². The van der Waals surface area contributed by atoms with E-state index in [0.717, 1.165) is 76.3 Å². The number of hydrogen-bond acceptors (Lipinski definition) is 10. The van der Waals surface area contributed by atoms with E-state index >= 15 is 0 Å². The minimum atomic E-state index is -0.605. The number of phenols is 1. The molecule has 2 atom stereocenters. The molecule has 0 radical (unpaired) electrons. The van der Waals surface area contributed by atoms with Crippen LogP contribution in [0.5, 0.6) is 5.75 Å². The monoisotopic (exact) mass is 624 g/mol. The number of piperidine rings is 1. The van der Waals surface area contributed by atoms with Crippen LogP contribution in [0.2, 0.25) is 0 Å². The number of nitrogens with zero attached hydrogens (tertiary/aromatic N) is 7. The molecule has 2 unspecified atom stereocenters. The first-order valence-electron chi connectivity index (χ1n) is 17.1. The Hall–Kier alpha value is -3.99. The molecule has 1 spiro atoms. The van der Waals surface area contributed by atoms with Gasteiger partial charge in [0.25, 0.3) is 0 Å². The van der Waals surface area contributed by atoms with Gasteiger partial charge in [0.2, 0.25) is 5.95 Å². The average molecular weight is 625 g/mol. The number of carbonyl (C=O) groups is 1. The van der Waals surface area contributed by atoms with Crippen LogP contribution in [0.1, 0.15) is 75.7 Å². The van der Waals surface area contributed by atoms with Gasteiger partial charge in [-0.2, -0.15) is 0 Å². The van der Waals surface area contributed by atoms with E-state index in [-0.39, 0.29) is 11.7 Å². The molecule has 5 fully saturated rings. The van der Waals surface area contributed by atoms with Crippen molar-refractivity contribution in [3.8, 4) is 17.0 Å². The lowest BCUT2D eigenvalue weighted by Crippen LogP contribution is -2.54. The van der Waals surface area contributed by atoms with Gasteiger partial charge in [0, 0.05) is 49.2 Å². The van der Waals surface area contributed by atoms with E-state index in [9.17, 15) is 15.0 Å². The van der Waals surface area contributed by atoms with Crippen LogP contribution in [0, 0.1) is 11.3 Å². The summed E-state index contributed by atoms with van der Waals surface area (Å²) in [6, 6.07) is 10.3. The number of likely N-dealkylation sites (tertiary alicyclic amines) is 1. The van der Waals surface area contributed by atoms with Gasteiger partial charge < -0.3 is 30.6 Å². The molecule has 0 amide bonds. The summed E-state index contributed by atoms with van der Waals surface area (Å²) < 4.78 is 0. The number of phenolic OH excluding ortho intramolecular Hbond substituents is 1. The van der Waals surface area contributed by atoms with Gasteiger partial charge in [-0.1, -0.05) is 12.1 Å². The van der Waals surface area contributed by atoms with Crippen molar-refractivity contribution < 1.29 is 15.0 Å². The highest BCUT2D eigenvalue weighted by Gasteiger charge is 2.49. The Kier molecular flexibility index (Phi) is 7.46. The summed E-state index contributed by atoms with van der Waals surface area (Å²) in [5.74, 6) is 1.19. The molecule has 2 saturated carbocycles. The van der Waals surface area contributed by atoms with E-state index in [1.54, 1.807) is 12.1 Å². The first kappa shape index (κ1) is 29.4. The Morgan fingerprint density at radius 3 is 2.22 bits per heavy atom. The Balaban J connectivity index is 0.871. The van der Waals surface area contributed by atoms with E-state index in [1.807, 2.05) is 18.2 Å². The van der Waals surface area contributed by atoms with Crippen LogP contribution >= 0.6 is 0 Å². The van der Waals surface area contributed by atoms with Gasteiger partial charge in [0.15, 0.2) is 5.82 Å². The SMILES string of the molecule is Nc1nnc(-c2ccccc2O)cc1N1CC2CCC(C1)N2c1ncc(C2CCN(C3CCC4(CC3)CC(C(=O)O)C4)CC2)cn1. The van der Waals surface area contributed by atoms with Crippen LogP contribution < -0.4 is 15.5 Å². The maximum Gasteiger partial charge on any atom is 0.306 e. The predicted molar refractivity (Wildman–Crippen MR) is 176 cm³/mol. The number of aromatic hydroxyl groups is 1. The average Bonchev–Trinajstić information content (AvgIpc) is 3.33. The Morgan fingerprint density at radius 2 is 1.57 bits per heavy atom. The van der Waals surface area contributed by atoms with E-state index in [4.69, 9.17) is 15.7 Å². The molecule has 1 aromatic carbocycles. The summed E-state index contributed by atoms with van der Waals surface area (Å²) in [6.07, 6.45) is 15.2. The number of benzene rings is 1. The molecule has 3 saturated heterocycles. The summed E-state index contributed by atoms with van der Waals surface area (Å²) in [5.41, 5.74) is 10.0. The van der Waals surface area contributed by atoms with Crippen molar-refractivity contribution in [1.29, 1.82) is 0 Å². The highest BCUT2D eigenvalue weighted by atomic mass is 16.4. The summed E-state index contributed by atoms with van der Waals surface area (Å²) in [5, 5.41) is 28.2. The van der Waals surface area contributed by atoms with E-state index < -0.39 is 5.97 Å². The second-order valence-corrected chi connectivity index (χ2v) is 14.5. The molecule has 11 nitrogen and oxygen atoms in total. The lowest BCUT2D eigenvalue weighted by atomic mass is 9.55. The van der Waals surface area contributed by atoms with Crippen molar-refractivity contribution in [3.05, 3.63) is 48.3 Å². The number of aliphatic carboxylic acids is 1. The standard InChI is InChI=1S/C35H44N8O3/c36-32-30(15-29(39-40-32)28-3-1-2-4-31(28)44)42-20-26-5-6-27(21-42)43(26)34-37-18-24(19-38-34)22-9-13-41(14-10-22)25-7-11-35(12-8-25)16-23(17-35)33(45)46/h1-4,15,18-19,22-23,25-27,44H,5-14,16-17,20-21H2,(H2,36,40)(H,45,46). The van der Waals surface area contributed by atoms with Crippen molar-refractivity contribution in [2.24, 2.45) is 11.3 Å². The number of aromatic nitrogens is 4. The molecule has 5 heterocycles. The fourth-order valence-electron chi connectivity index (χ4n) is 9.31.